The minimum absolute atomic E-state index is 0.0410. The van der Waals surface area contributed by atoms with Crippen molar-refractivity contribution in [3.63, 3.8) is 0 Å². The second kappa shape index (κ2) is 7.84. The summed E-state index contributed by atoms with van der Waals surface area (Å²) in [6, 6.07) is 10.1. The first-order valence-electron chi connectivity index (χ1n) is 8.03. The first-order chi connectivity index (χ1) is 10.6. The average Bonchev–Trinajstić information content (AvgIpc) is 3.05. The van der Waals surface area contributed by atoms with Gasteiger partial charge in [0.15, 0.2) is 0 Å². The molecule has 22 heavy (non-hydrogen) atoms. The third kappa shape index (κ3) is 4.00. The van der Waals surface area contributed by atoms with Crippen LogP contribution in [0.3, 0.4) is 0 Å². The number of para-hydroxylation sites is 1. The second-order valence-corrected chi connectivity index (χ2v) is 6.04. The minimum Gasteiger partial charge on any atom is -0.493 e. The van der Waals surface area contributed by atoms with Crippen molar-refractivity contribution >= 4 is 5.91 Å². The Hall–Kier alpha value is -2.02. The number of ether oxygens (including phenoxy) is 1. The summed E-state index contributed by atoms with van der Waals surface area (Å²) in [7, 11) is 0. The highest BCUT2D eigenvalue weighted by molar-refractivity contribution is 5.81. The molecule has 1 aliphatic rings. The molecule has 1 atom stereocenters. The molecule has 118 valence electrons. The zero-order chi connectivity index (χ0) is 15.9. The molecule has 1 aromatic carbocycles. The number of benzene rings is 1. The predicted octanol–water partition coefficient (Wildman–Crippen LogP) is 3.34. The van der Waals surface area contributed by atoms with Crippen molar-refractivity contribution in [2.45, 2.75) is 39.0 Å². The molecule has 0 spiro atoms. The summed E-state index contributed by atoms with van der Waals surface area (Å²) >= 11 is 0. The summed E-state index contributed by atoms with van der Waals surface area (Å²) in [5, 5.41) is 9.24. The number of hydrogen-bond donors (Lipinski definition) is 0. The van der Waals surface area contributed by atoms with Crippen molar-refractivity contribution in [3.8, 4) is 11.8 Å². The summed E-state index contributed by atoms with van der Waals surface area (Å²) in [6.45, 7) is 6.21. The molecule has 0 saturated carbocycles. The van der Waals surface area contributed by atoms with Gasteiger partial charge in [-0.2, -0.15) is 5.26 Å². The van der Waals surface area contributed by atoms with Crippen molar-refractivity contribution in [2.24, 2.45) is 5.92 Å². The van der Waals surface area contributed by atoms with E-state index in [9.17, 15) is 10.1 Å². The Labute approximate surface area is 132 Å². The van der Waals surface area contributed by atoms with E-state index in [-0.39, 0.29) is 5.91 Å². The Morgan fingerprint density at radius 3 is 2.64 bits per heavy atom. The van der Waals surface area contributed by atoms with E-state index in [4.69, 9.17) is 4.74 Å². The lowest BCUT2D eigenvalue weighted by atomic mass is 10.0. The van der Waals surface area contributed by atoms with Crippen LogP contribution in [0.5, 0.6) is 5.75 Å². The van der Waals surface area contributed by atoms with Crippen LogP contribution < -0.4 is 4.74 Å². The Kier molecular flexibility index (Phi) is 5.83. The summed E-state index contributed by atoms with van der Waals surface area (Å²) in [6.07, 6.45) is 2.53. The summed E-state index contributed by atoms with van der Waals surface area (Å²) in [4.78, 5) is 14.0. The van der Waals surface area contributed by atoms with Crippen molar-refractivity contribution in [2.75, 3.05) is 19.7 Å². The van der Waals surface area contributed by atoms with Gasteiger partial charge in [0, 0.05) is 19.5 Å². The molecule has 1 saturated heterocycles. The molecule has 0 radical (unpaired) electrons. The van der Waals surface area contributed by atoms with Crippen LogP contribution >= 0.6 is 0 Å². The van der Waals surface area contributed by atoms with Crippen LogP contribution in [0.25, 0.3) is 0 Å². The number of likely N-dealkylation sites (tertiary alicyclic amines) is 1. The van der Waals surface area contributed by atoms with Gasteiger partial charge in [-0.3, -0.25) is 4.79 Å². The minimum atomic E-state index is -0.593. The van der Waals surface area contributed by atoms with E-state index in [1.54, 1.807) is 4.90 Å². The summed E-state index contributed by atoms with van der Waals surface area (Å²) < 4.78 is 5.82. The van der Waals surface area contributed by atoms with Gasteiger partial charge in [0.2, 0.25) is 5.91 Å². The largest absolute Gasteiger partial charge is 0.493 e. The summed E-state index contributed by atoms with van der Waals surface area (Å²) in [5.74, 6) is 0.599. The Morgan fingerprint density at radius 1 is 1.32 bits per heavy atom. The lowest BCUT2D eigenvalue weighted by Gasteiger charge is -2.19. The number of carbonyl (C=O) groups is 1. The molecule has 2 rings (SSSR count). The molecule has 1 aliphatic heterocycles. The Balaban J connectivity index is 1.89. The smallest absolute Gasteiger partial charge is 0.240 e. The highest BCUT2D eigenvalue weighted by Crippen LogP contribution is 2.26. The lowest BCUT2D eigenvalue weighted by molar-refractivity contribution is -0.133. The van der Waals surface area contributed by atoms with Gasteiger partial charge < -0.3 is 9.64 Å². The van der Waals surface area contributed by atoms with Crippen molar-refractivity contribution < 1.29 is 9.53 Å². The van der Waals surface area contributed by atoms with Crippen molar-refractivity contribution in [1.29, 1.82) is 5.26 Å². The lowest BCUT2D eigenvalue weighted by Crippen LogP contribution is -2.33. The van der Waals surface area contributed by atoms with Crippen LogP contribution in [0.4, 0.5) is 0 Å². The maximum absolute atomic E-state index is 12.2. The maximum Gasteiger partial charge on any atom is 0.240 e. The van der Waals surface area contributed by atoms with Crippen molar-refractivity contribution in [1.82, 2.24) is 4.90 Å². The van der Waals surface area contributed by atoms with Gasteiger partial charge in [0.1, 0.15) is 11.7 Å². The molecular weight excluding hydrogens is 276 g/mol. The Bertz CT molecular complexity index is 542. The normalized spacial score (nSPS) is 15.6. The molecule has 0 aromatic heterocycles. The molecule has 1 fully saturated rings. The fourth-order valence-corrected chi connectivity index (χ4v) is 2.78. The number of amides is 1. The van der Waals surface area contributed by atoms with E-state index in [1.807, 2.05) is 18.2 Å². The molecular formula is C18H24N2O2. The second-order valence-electron chi connectivity index (χ2n) is 6.04. The van der Waals surface area contributed by atoms with Crippen LogP contribution in [0.2, 0.25) is 0 Å². The van der Waals surface area contributed by atoms with E-state index >= 15 is 0 Å². The first-order valence-corrected chi connectivity index (χ1v) is 8.03. The summed E-state index contributed by atoms with van der Waals surface area (Å²) in [5.41, 5.74) is 1.15. The molecule has 0 bridgehead atoms. The molecule has 0 N–H and O–H groups in total. The zero-order valence-corrected chi connectivity index (χ0v) is 13.4. The molecule has 1 aromatic rings. The van der Waals surface area contributed by atoms with E-state index in [2.05, 4.69) is 26.0 Å². The Morgan fingerprint density at radius 2 is 2.00 bits per heavy atom. The monoisotopic (exact) mass is 300 g/mol. The van der Waals surface area contributed by atoms with E-state index in [1.165, 1.54) is 0 Å². The van der Waals surface area contributed by atoms with Crippen LogP contribution in [0, 0.1) is 17.2 Å². The van der Waals surface area contributed by atoms with Crippen LogP contribution in [0.1, 0.15) is 44.6 Å². The number of hydrogen-bond acceptors (Lipinski definition) is 3. The quantitative estimate of drug-likeness (QED) is 0.809. The molecule has 1 heterocycles. The van der Waals surface area contributed by atoms with Gasteiger partial charge in [0.05, 0.1) is 12.7 Å². The fraction of sp³-hybridized carbons (Fsp3) is 0.556. The van der Waals surface area contributed by atoms with E-state index in [0.717, 1.165) is 37.2 Å². The highest BCUT2D eigenvalue weighted by atomic mass is 16.5. The number of carbonyl (C=O) groups excluding carboxylic acids is 1. The van der Waals surface area contributed by atoms with Crippen LogP contribution in [0.15, 0.2) is 24.3 Å². The standard InChI is InChI=1S/C18H24N2O2/c1-14(2)16-7-3-4-8-17(16)22-12-9-15(13-19)18(21)20-10-5-6-11-20/h3-4,7-8,14-15H,5-6,9-12H2,1-2H3. The van der Waals surface area contributed by atoms with Crippen LogP contribution in [-0.2, 0) is 4.79 Å². The van der Waals surface area contributed by atoms with Gasteiger partial charge in [-0.05, 0) is 30.4 Å². The van der Waals surface area contributed by atoms with Crippen LogP contribution in [-0.4, -0.2) is 30.5 Å². The van der Waals surface area contributed by atoms with Gasteiger partial charge in [-0.1, -0.05) is 32.0 Å². The molecule has 4 nitrogen and oxygen atoms in total. The fourth-order valence-electron chi connectivity index (χ4n) is 2.78. The third-order valence-corrected chi connectivity index (χ3v) is 4.08. The number of nitriles is 1. The van der Waals surface area contributed by atoms with Gasteiger partial charge >= 0.3 is 0 Å². The number of nitrogens with zero attached hydrogens (tertiary/aromatic N) is 2. The van der Waals surface area contributed by atoms with Gasteiger partial charge in [0.25, 0.3) is 0 Å². The molecule has 1 unspecified atom stereocenters. The molecule has 0 aliphatic carbocycles. The van der Waals surface area contributed by atoms with Gasteiger partial charge in [-0.25, -0.2) is 0 Å². The third-order valence-electron chi connectivity index (χ3n) is 4.08. The first kappa shape index (κ1) is 16.4. The zero-order valence-electron chi connectivity index (χ0n) is 13.4. The van der Waals surface area contributed by atoms with E-state index in [0.29, 0.717) is 18.9 Å². The SMILES string of the molecule is CC(C)c1ccccc1OCCC(C#N)C(=O)N1CCCC1. The molecule has 1 amide bonds. The highest BCUT2D eigenvalue weighted by Gasteiger charge is 2.26. The predicted molar refractivity (Wildman–Crippen MR) is 85.6 cm³/mol. The maximum atomic E-state index is 12.2. The number of rotatable bonds is 6. The van der Waals surface area contributed by atoms with E-state index < -0.39 is 5.92 Å². The average molecular weight is 300 g/mol. The van der Waals surface area contributed by atoms with Crippen molar-refractivity contribution in [3.05, 3.63) is 29.8 Å². The van der Waals surface area contributed by atoms with Gasteiger partial charge in [-0.15, -0.1) is 0 Å². The topological polar surface area (TPSA) is 53.3 Å². The molecule has 4 heteroatoms.